The number of ether oxygens (including phenoxy) is 2. The van der Waals surface area contributed by atoms with E-state index in [0.29, 0.717) is 50.1 Å². The summed E-state index contributed by atoms with van der Waals surface area (Å²) in [6.45, 7) is 0. The molecule has 9 heteroatoms. The van der Waals surface area contributed by atoms with E-state index in [9.17, 15) is 14.7 Å². The van der Waals surface area contributed by atoms with Gasteiger partial charge in [-0.1, -0.05) is 31.7 Å². The standard InChI is InChI=1S/C27H27N3O6/c1-34-18-12-9-14(13-19(18)35-2)20-21-26(30(29-27(21)33)15-7-5-3-4-6-8-15)28-22-16-10-11-17(31)23(32)24(16)36-25(20)22/h9-13,15,28,32H,3-8H2,1-2H3,(H,29,33). The van der Waals surface area contributed by atoms with Gasteiger partial charge in [0.2, 0.25) is 11.2 Å². The van der Waals surface area contributed by atoms with Crippen molar-refractivity contribution in [2.24, 2.45) is 0 Å². The average molecular weight is 490 g/mol. The molecular formula is C27H27N3O6. The van der Waals surface area contributed by atoms with Crippen molar-refractivity contribution in [3.63, 3.8) is 0 Å². The van der Waals surface area contributed by atoms with Crippen molar-refractivity contribution in [2.45, 2.75) is 44.6 Å². The highest BCUT2D eigenvalue weighted by Crippen LogP contribution is 2.42. The Kier molecular flexibility index (Phi) is 5.28. The topological polar surface area (TPSA) is 122 Å². The number of rotatable bonds is 4. The number of nitrogens with one attached hydrogen (secondary N) is 2. The summed E-state index contributed by atoms with van der Waals surface area (Å²) in [5, 5.41) is 14.6. The molecule has 0 saturated heterocycles. The van der Waals surface area contributed by atoms with E-state index in [0.717, 1.165) is 25.7 Å². The summed E-state index contributed by atoms with van der Waals surface area (Å²) in [7, 11) is 3.11. The van der Waals surface area contributed by atoms with Gasteiger partial charge in [-0.15, -0.1) is 0 Å². The van der Waals surface area contributed by atoms with E-state index in [-0.39, 0.29) is 17.2 Å². The van der Waals surface area contributed by atoms with Gasteiger partial charge in [0.25, 0.3) is 5.56 Å². The molecule has 0 unspecified atom stereocenters. The molecule has 3 N–H and O–H groups in total. The highest BCUT2D eigenvalue weighted by molar-refractivity contribution is 6.15. The SMILES string of the molecule is COc1ccc(-c2c3oc4c(O)c(=O)ccc4c3[nH]c3c2c(=O)[nH]n3C2CCCCCC2)cc1OC. The number of H-pyrrole nitrogens is 2. The fraction of sp³-hybridized carbons (Fsp3) is 0.333. The molecule has 3 heterocycles. The molecule has 1 aliphatic rings. The monoisotopic (exact) mass is 489 g/mol. The highest BCUT2D eigenvalue weighted by Gasteiger charge is 2.26. The summed E-state index contributed by atoms with van der Waals surface area (Å²) in [5.41, 5.74) is 2.16. The van der Waals surface area contributed by atoms with Crippen LogP contribution in [0.5, 0.6) is 17.2 Å². The van der Waals surface area contributed by atoms with Crippen LogP contribution < -0.4 is 20.5 Å². The molecule has 186 valence electrons. The summed E-state index contributed by atoms with van der Waals surface area (Å²) >= 11 is 0. The number of phenols is 1. The average Bonchev–Trinajstić information content (AvgIpc) is 3.29. The van der Waals surface area contributed by atoms with Crippen LogP contribution >= 0.6 is 0 Å². The molecule has 0 radical (unpaired) electrons. The van der Waals surface area contributed by atoms with Crippen LogP contribution in [0.15, 0.2) is 44.3 Å². The quantitative estimate of drug-likeness (QED) is 0.298. The Morgan fingerprint density at radius 2 is 1.72 bits per heavy atom. The number of phenolic OH excluding ortho intramolecular Hbond substituents is 1. The smallest absolute Gasteiger partial charge is 0.274 e. The molecule has 1 aliphatic carbocycles. The van der Waals surface area contributed by atoms with Crippen LogP contribution in [-0.2, 0) is 0 Å². The molecule has 0 aliphatic heterocycles. The predicted octanol–water partition coefficient (Wildman–Crippen LogP) is 5.20. The Hall–Kier alpha value is -4.14. The number of methoxy groups -OCH3 is 2. The second-order valence-corrected chi connectivity index (χ2v) is 9.34. The van der Waals surface area contributed by atoms with Crippen molar-refractivity contribution < 1.29 is 19.0 Å². The zero-order chi connectivity index (χ0) is 25.0. The van der Waals surface area contributed by atoms with Gasteiger partial charge in [0.15, 0.2) is 22.7 Å². The first-order valence-electron chi connectivity index (χ1n) is 12.2. The second kappa shape index (κ2) is 8.51. The molecular weight excluding hydrogens is 462 g/mol. The van der Waals surface area contributed by atoms with E-state index < -0.39 is 11.2 Å². The number of aromatic nitrogens is 3. The first-order chi connectivity index (χ1) is 17.5. The zero-order valence-electron chi connectivity index (χ0n) is 20.1. The van der Waals surface area contributed by atoms with Crippen molar-refractivity contribution in [3.8, 4) is 28.4 Å². The Bertz CT molecular complexity index is 1730. The highest BCUT2D eigenvalue weighted by atomic mass is 16.5. The molecule has 9 nitrogen and oxygen atoms in total. The lowest BCUT2D eigenvalue weighted by Crippen LogP contribution is -2.13. The van der Waals surface area contributed by atoms with Crippen LogP contribution in [0.4, 0.5) is 0 Å². The van der Waals surface area contributed by atoms with Gasteiger partial charge in [-0.25, -0.2) is 0 Å². The maximum absolute atomic E-state index is 13.5. The Labute approximate surface area is 205 Å². The number of hydrogen-bond donors (Lipinski definition) is 3. The molecule has 0 spiro atoms. The number of furan rings is 1. The van der Waals surface area contributed by atoms with Crippen molar-refractivity contribution >= 4 is 33.1 Å². The molecule has 6 rings (SSSR count). The number of aromatic hydroxyl groups is 1. The van der Waals surface area contributed by atoms with Crippen molar-refractivity contribution in [1.82, 2.24) is 14.8 Å². The lowest BCUT2D eigenvalue weighted by molar-refractivity contribution is 0.355. The summed E-state index contributed by atoms with van der Waals surface area (Å²) in [5.74, 6) is 0.601. The van der Waals surface area contributed by atoms with Crippen LogP contribution in [0.25, 0.3) is 44.2 Å². The van der Waals surface area contributed by atoms with E-state index in [1.165, 1.54) is 18.9 Å². The minimum absolute atomic E-state index is 0.0839. The van der Waals surface area contributed by atoms with E-state index in [1.807, 2.05) is 10.7 Å². The van der Waals surface area contributed by atoms with Gasteiger partial charge in [-0.2, -0.15) is 0 Å². The molecule has 2 aromatic carbocycles. The third-order valence-corrected chi connectivity index (χ3v) is 7.30. The van der Waals surface area contributed by atoms with Gasteiger partial charge in [0, 0.05) is 10.9 Å². The van der Waals surface area contributed by atoms with E-state index in [1.54, 1.807) is 32.4 Å². The first kappa shape index (κ1) is 22.3. The molecule has 0 atom stereocenters. The van der Waals surface area contributed by atoms with Gasteiger partial charge >= 0.3 is 0 Å². The summed E-state index contributed by atoms with van der Waals surface area (Å²) in [6.07, 6.45) is 6.54. The Morgan fingerprint density at radius 3 is 2.44 bits per heavy atom. The predicted molar refractivity (Wildman–Crippen MR) is 137 cm³/mol. The molecule has 3 aromatic heterocycles. The number of hydrogen-bond acceptors (Lipinski definition) is 6. The van der Waals surface area contributed by atoms with Crippen LogP contribution in [0.1, 0.15) is 44.6 Å². The molecule has 1 fully saturated rings. The fourth-order valence-electron chi connectivity index (χ4n) is 5.52. The Morgan fingerprint density at radius 1 is 0.972 bits per heavy atom. The molecule has 36 heavy (non-hydrogen) atoms. The largest absolute Gasteiger partial charge is 0.502 e. The maximum atomic E-state index is 13.5. The lowest BCUT2D eigenvalue weighted by Gasteiger charge is -2.17. The minimum Gasteiger partial charge on any atom is -0.502 e. The maximum Gasteiger partial charge on any atom is 0.274 e. The number of pyridine rings is 1. The summed E-state index contributed by atoms with van der Waals surface area (Å²) in [6, 6.07) is 8.51. The third-order valence-electron chi connectivity index (χ3n) is 7.30. The van der Waals surface area contributed by atoms with Crippen LogP contribution in [0.3, 0.4) is 0 Å². The number of nitrogens with zero attached hydrogens (tertiary/aromatic N) is 1. The number of fused-ring (bicyclic) bond motifs is 4. The fourth-order valence-corrected chi connectivity index (χ4v) is 5.52. The normalized spacial score (nSPS) is 15.1. The third kappa shape index (κ3) is 3.30. The summed E-state index contributed by atoms with van der Waals surface area (Å²) in [4.78, 5) is 29.0. The zero-order valence-corrected chi connectivity index (χ0v) is 20.1. The van der Waals surface area contributed by atoms with Crippen molar-refractivity contribution in [3.05, 3.63) is 50.9 Å². The summed E-state index contributed by atoms with van der Waals surface area (Å²) < 4.78 is 19.0. The molecule has 5 aromatic rings. The van der Waals surface area contributed by atoms with E-state index >= 15 is 0 Å². The molecule has 0 amide bonds. The van der Waals surface area contributed by atoms with Crippen LogP contribution in [0.2, 0.25) is 0 Å². The Balaban J connectivity index is 1.75. The molecule has 1 saturated carbocycles. The van der Waals surface area contributed by atoms with Crippen molar-refractivity contribution in [1.29, 1.82) is 0 Å². The number of benzene rings is 2. The minimum atomic E-state index is -0.528. The van der Waals surface area contributed by atoms with Gasteiger partial charge in [0.1, 0.15) is 5.65 Å². The van der Waals surface area contributed by atoms with E-state index in [4.69, 9.17) is 13.9 Å². The van der Waals surface area contributed by atoms with Gasteiger partial charge in [-0.05, 0) is 42.7 Å². The van der Waals surface area contributed by atoms with E-state index in [2.05, 4.69) is 10.1 Å². The van der Waals surface area contributed by atoms with Crippen LogP contribution in [-0.4, -0.2) is 34.1 Å². The lowest BCUT2D eigenvalue weighted by atomic mass is 10.0. The second-order valence-electron chi connectivity index (χ2n) is 9.34. The van der Waals surface area contributed by atoms with Gasteiger partial charge in [0.05, 0.1) is 31.2 Å². The number of aromatic amines is 2. The van der Waals surface area contributed by atoms with Crippen LogP contribution in [0, 0.1) is 0 Å². The molecule has 0 bridgehead atoms. The van der Waals surface area contributed by atoms with Crippen molar-refractivity contribution in [2.75, 3.05) is 14.2 Å². The first-order valence-corrected chi connectivity index (χ1v) is 12.2. The van der Waals surface area contributed by atoms with Gasteiger partial charge in [-0.3, -0.25) is 19.4 Å². The van der Waals surface area contributed by atoms with Gasteiger partial charge < -0.3 is 24.0 Å².